The zero-order chi connectivity index (χ0) is 30.4. The van der Waals surface area contributed by atoms with Crippen molar-refractivity contribution in [1.29, 1.82) is 0 Å². The quantitative estimate of drug-likeness (QED) is 0.385. The van der Waals surface area contributed by atoms with E-state index in [1.807, 2.05) is 21.0 Å². The van der Waals surface area contributed by atoms with Crippen LogP contribution in [0, 0.1) is 18.8 Å². The van der Waals surface area contributed by atoms with Crippen molar-refractivity contribution in [1.82, 2.24) is 19.8 Å². The molecule has 4 rings (SSSR count). The summed E-state index contributed by atoms with van der Waals surface area (Å²) in [6, 6.07) is 9.39. The molecule has 3 N–H and O–H groups in total. The fraction of sp³-hybridized carbons (Fsp3) is 0.344. The Kier molecular flexibility index (Phi) is 9.66. The van der Waals surface area contributed by atoms with E-state index in [9.17, 15) is 18.0 Å². The summed E-state index contributed by atoms with van der Waals surface area (Å²) in [4.78, 5) is 25.8. The summed E-state index contributed by atoms with van der Waals surface area (Å²) in [5, 5.41) is 2.62. The van der Waals surface area contributed by atoms with Gasteiger partial charge < -0.3 is 16.0 Å². The Hall–Kier alpha value is -4.20. The van der Waals surface area contributed by atoms with Crippen molar-refractivity contribution in [3.63, 3.8) is 0 Å². The van der Waals surface area contributed by atoms with Gasteiger partial charge in [0.15, 0.2) is 0 Å². The number of anilines is 1. The number of carbonyl (C=O) groups excluding carboxylic acids is 1. The van der Waals surface area contributed by atoms with Crippen molar-refractivity contribution in [2.24, 2.45) is 5.73 Å². The molecule has 220 valence electrons. The van der Waals surface area contributed by atoms with Crippen LogP contribution in [0.3, 0.4) is 0 Å². The van der Waals surface area contributed by atoms with Gasteiger partial charge in [0.1, 0.15) is 5.69 Å². The normalized spacial score (nSPS) is 14.4. The number of alkyl halides is 3. The predicted octanol–water partition coefficient (Wildman–Crippen LogP) is 5.00. The van der Waals surface area contributed by atoms with Crippen LogP contribution in [0.2, 0.25) is 0 Å². The van der Waals surface area contributed by atoms with Crippen molar-refractivity contribution >= 4 is 11.6 Å². The number of likely N-dealkylation sites (tertiary alicyclic amines) is 1. The highest BCUT2D eigenvalue weighted by molar-refractivity contribution is 6.04. The third-order valence-electron chi connectivity index (χ3n) is 7.29. The highest BCUT2D eigenvalue weighted by Crippen LogP contribution is 2.35. The van der Waals surface area contributed by atoms with E-state index in [0.29, 0.717) is 35.1 Å². The minimum atomic E-state index is -4.55. The summed E-state index contributed by atoms with van der Waals surface area (Å²) in [6.07, 6.45) is 0.800. The van der Waals surface area contributed by atoms with Crippen molar-refractivity contribution < 1.29 is 18.0 Å². The average molecular weight is 577 g/mol. The van der Waals surface area contributed by atoms with Crippen LogP contribution >= 0.6 is 0 Å². The second kappa shape index (κ2) is 13.2. The second-order valence-electron chi connectivity index (χ2n) is 10.8. The summed E-state index contributed by atoms with van der Waals surface area (Å²) in [5.41, 5.74) is 8.43. The molecule has 10 heteroatoms. The number of rotatable bonds is 7. The topological polar surface area (TPSA) is 87.4 Å². The van der Waals surface area contributed by atoms with Crippen molar-refractivity contribution in [3.05, 3.63) is 100 Å². The first kappa shape index (κ1) is 30.8. The number of halogens is 3. The van der Waals surface area contributed by atoms with Gasteiger partial charge >= 0.3 is 6.18 Å². The molecule has 0 unspecified atom stereocenters. The number of benzene rings is 2. The zero-order valence-electron chi connectivity index (χ0n) is 24.1. The lowest BCUT2D eigenvalue weighted by atomic mass is 10.0. The average Bonchev–Trinajstić information content (AvgIpc) is 2.93. The van der Waals surface area contributed by atoms with Crippen LogP contribution < -0.4 is 11.1 Å². The number of hydrogen-bond acceptors (Lipinski definition) is 6. The van der Waals surface area contributed by atoms with Crippen LogP contribution in [0.1, 0.15) is 56.8 Å². The van der Waals surface area contributed by atoms with Gasteiger partial charge in [-0.1, -0.05) is 24.6 Å². The fourth-order valence-electron chi connectivity index (χ4n) is 4.87. The molecular weight excluding hydrogens is 541 g/mol. The number of aromatic nitrogens is 2. The number of carbonyl (C=O) groups is 1. The highest BCUT2D eigenvalue weighted by Gasteiger charge is 2.34. The third kappa shape index (κ3) is 8.18. The summed E-state index contributed by atoms with van der Waals surface area (Å²) in [6.45, 7) is 7.18. The van der Waals surface area contributed by atoms with Gasteiger partial charge in [-0.05, 0) is 88.3 Å². The van der Waals surface area contributed by atoms with Crippen LogP contribution in [0.25, 0.3) is 0 Å². The molecule has 1 aliphatic rings. The predicted molar refractivity (Wildman–Crippen MR) is 158 cm³/mol. The standard InChI is InChI=1S/C32H35F3N6O/c1-21-5-6-24(16-23(21)7-10-27-18-38-28(19-37-27)15-22(2)36)31(42)39-26-9-8-25(30(17-26)32(33,34)35)20-41-13-11-29(12-14-41)40(3)4/h5-6,8-9,16-19,29H,2,11-15,20,36H2,1,3-4H3,(H,39,42). The van der Waals surface area contributed by atoms with E-state index < -0.39 is 17.6 Å². The van der Waals surface area contributed by atoms with Crippen LogP contribution in [0.15, 0.2) is 61.1 Å². The van der Waals surface area contributed by atoms with Gasteiger partial charge in [-0.2, -0.15) is 13.2 Å². The third-order valence-corrected chi connectivity index (χ3v) is 7.29. The maximum absolute atomic E-state index is 14.0. The fourth-order valence-corrected chi connectivity index (χ4v) is 4.87. The molecule has 0 aliphatic carbocycles. The number of hydrogen-bond donors (Lipinski definition) is 2. The molecule has 0 radical (unpaired) electrons. The maximum Gasteiger partial charge on any atom is 0.416 e. The number of nitrogens with zero attached hydrogens (tertiary/aromatic N) is 4. The Bertz CT molecular complexity index is 1500. The Labute approximate surface area is 244 Å². The first-order valence-electron chi connectivity index (χ1n) is 13.7. The Morgan fingerprint density at radius 2 is 1.86 bits per heavy atom. The Morgan fingerprint density at radius 3 is 2.48 bits per heavy atom. The van der Waals surface area contributed by atoms with Crippen molar-refractivity contribution in [3.8, 4) is 11.8 Å². The molecule has 0 spiro atoms. The molecule has 0 bridgehead atoms. The molecule has 2 heterocycles. The van der Waals surface area contributed by atoms with E-state index in [-0.39, 0.29) is 23.4 Å². The molecular formula is C32H35F3N6O. The number of amides is 1. The lowest BCUT2D eigenvalue weighted by molar-refractivity contribution is -0.138. The van der Waals surface area contributed by atoms with Crippen LogP contribution in [-0.2, 0) is 19.1 Å². The Balaban J connectivity index is 1.48. The number of aryl methyl sites for hydroxylation is 1. The lowest BCUT2D eigenvalue weighted by Crippen LogP contribution is -2.41. The van der Waals surface area contributed by atoms with Gasteiger partial charge in [0, 0.05) is 41.5 Å². The zero-order valence-corrected chi connectivity index (χ0v) is 24.1. The SMILES string of the molecule is C=C(N)Cc1cnc(C#Cc2cc(C(=O)Nc3ccc(CN4CCC(N(C)C)CC4)c(C(F)(F)F)c3)ccc2C)cn1. The first-order chi connectivity index (χ1) is 19.9. The molecule has 2 aromatic carbocycles. The van der Waals surface area contributed by atoms with E-state index >= 15 is 0 Å². The van der Waals surface area contributed by atoms with Crippen molar-refractivity contribution in [2.75, 3.05) is 32.5 Å². The van der Waals surface area contributed by atoms with Gasteiger partial charge in [-0.15, -0.1) is 0 Å². The minimum absolute atomic E-state index is 0.0751. The van der Waals surface area contributed by atoms with Gasteiger partial charge in [0.05, 0.1) is 23.7 Å². The van der Waals surface area contributed by atoms with Crippen LogP contribution in [0.4, 0.5) is 18.9 Å². The van der Waals surface area contributed by atoms with E-state index in [2.05, 4.69) is 43.5 Å². The molecule has 1 fully saturated rings. The second-order valence-corrected chi connectivity index (χ2v) is 10.8. The molecule has 3 aromatic rings. The first-order valence-corrected chi connectivity index (χ1v) is 13.7. The molecule has 1 amide bonds. The molecule has 42 heavy (non-hydrogen) atoms. The van der Waals surface area contributed by atoms with Gasteiger partial charge in [-0.3, -0.25) is 14.7 Å². The summed E-state index contributed by atoms with van der Waals surface area (Å²) in [7, 11) is 4.05. The van der Waals surface area contributed by atoms with Gasteiger partial charge in [0.2, 0.25) is 0 Å². The maximum atomic E-state index is 14.0. The summed E-state index contributed by atoms with van der Waals surface area (Å²) >= 11 is 0. The number of nitrogens with one attached hydrogen (secondary N) is 1. The minimum Gasteiger partial charge on any atom is -0.402 e. The van der Waals surface area contributed by atoms with Crippen molar-refractivity contribution in [2.45, 2.75) is 44.9 Å². The number of allylic oxidation sites excluding steroid dienone is 1. The molecule has 1 aliphatic heterocycles. The molecule has 1 saturated heterocycles. The van der Waals surface area contributed by atoms with E-state index in [1.165, 1.54) is 18.3 Å². The summed E-state index contributed by atoms with van der Waals surface area (Å²) in [5.74, 6) is 5.40. The van der Waals surface area contributed by atoms with Crippen LogP contribution in [0.5, 0.6) is 0 Å². The van der Waals surface area contributed by atoms with E-state index in [0.717, 1.165) is 37.6 Å². The Morgan fingerprint density at radius 1 is 1.12 bits per heavy atom. The number of nitrogens with two attached hydrogens (primary N) is 1. The molecule has 1 aromatic heterocycles. The highest BCUT2D eigenvalue weighted by atomic mass is 19.4. The smallest absolute Gasteiger partial charge is 0.402 e. The molecule has 0 saturated carbocycles. The monoisotopic (exact) mass is 576 g/mol. The van der Waals surface area contributed by atoms with Gasteiger partial charge in [0.25, 0.3) is 5.91 Å². The molecule has 0 atom stereocenters. The van der Waals surface area contributed by atoms with E-state index in [4.69, 9.17) is 5.73 Å². The summed E-state index contributed by atoms with van der Waals surface area (Å²) < 4.78 is 42.1. The van der Waals surface area contributed by atoms with Gasteiger partial charge in [-0.25, -0.2) is 4.98 Å². The lowest BCUT2D eigenvalue weighted by Gasteiger charge is -2.35. The molecule has 7 nitrogen and oxygen atoms in total. The number of piperidine rings is 1. The van der Waals surface area contributed by atoms with E-state index in [1.54, 1.807) is 24.4 Å². The largest absolute Gasteiger partial charge is 0.416 e. The van der Waals surface area contributed by atoms with Crippen LogP contribution in [-0.4, -0.2) is 58.9 Å².